The first-order chi connectivity index (χ1) is 13.5. The second-order valence-electron chi connectivity index (χ2n) is 5.81. The Morgan fingerprint density at radius 1 is 1.21 bits per heavy atom. The molecule has 9 heteroatoms. The minimum atomic E-state index is -0.840. The number of esters is 1. The van der Waals surface area contributed by atoms with Gasteiger partial charge in [0.1, 0.15) is 24.2 Å². The summed E-state index contributed by atoms with van der Waals surface area (Å²) in [6.45, 7) is 1.64. The first kappa shape index (κ1) is 19.0. The molecule has 146 valence electrons. The highest BCUT2D eigenvalue weighted by Gasteiger charge is 2.35. The number of rotatable bonds is 7. The molecule has 1 aliphatic rings. The van der Waals surface area contributed by atoms with E-state index in [0.717, 1.165) is 0 Å². The number of hydrogen-bond acceptors (Lipinski definition) is 6. The molecule has 1 aromatic carbocycles. The third kappa shape index (κ3) is 3.98. The molecule has 0 aliphatic carbocycles. The summed E-state index contributed by atoms with van der Waals surface area (Å²) in [6, 6.07) is 8.32. The number of carbonyl (C=O) groups is 3. The Bertz CT molecular complexity index is 920. The van der Waals surface area contributed by atoms with E-state index in [-0.39, 0.29) is 35.8 Å². The van der Waals surface area contributed by atoms with Gasteiger partial charge < -0.3 is 30.3 Å². The van der Waals surface area contributed by atoms with Crippen LogP contribution in [0.15, 0.2) is 58.3 Å². The van der Waals surface area contributed by atoms with Gasteiger partial charge in [0, 0.05) is 0 Å². The number of hydrogen-bond donors (Lipinski definition) is 3. The molecule has 0 saturated heterocycles. The predicted octanol–water partition coefficient (Wildman–Crippen LogP) is 1.63. The van der Waals surface area contributed by atoms with E-state index >= 15 is 0 Å². The molecule has 0 spiro atoms. The maximum Gasteiger partial charge on any atom is 0.338 e. The van der Waals surface area contributed by atoms with Crippen LogP contribution in [0.5, 0.6) is 5.75 Å². The summed E-state index contributed by atoms with van der Waals surface area (Å²) in [7, 11) is 0. The van der Waals surface area contributed by atoms with Gasteiger partial charge in [-0.1, -0.05) is 12.1 Å². The highest BCUT2D eigenvalue weighted by Crippen LogP contribution is 2.28. The Morgan fingerprint density at radius 3 is 2.68 bits per heavy atom. The van der Waals surface area contributed by atoms with Crippen LogP contribution in [0, 0.1) is 0 Å². The summed E-state index contributed by atoms with van der Waals surface area (Å²) in [4.78, 5) is 36.2. The zero-order valence-corrected chi connectivity index (χ0v) is 15.1. The molecule has 1 unspecified atom stereocenters. The van der Waals surface area contributed by atoms with E-state index in [1.54, 1.807) is 37.3 Å². The maximum absolute atomic E-state index is 12.6. The highest BCUT2D eigenvalue weighted by atomic mass is 16.5. The number of furan rings is 1. The second kappa shape index (κ2) is 8.30. The quantitative estimate of drug-likeness (QED) is 0.621. The van der Waals surface area contributed by atoms with E-state index in [0.29, 0.717) is 5.76 Å². The van der Waals surface area contributed by atoms with Crippen LogP contribution in [-0.4, -0.2) is 31.1 Å². The van der Waals surface area contributed by atoms with Crippen molar-refractivity contribution in [3.8, 4) is 5.75 Å². The van der Waals surface area contributed by atoms with Crippen molar-refractivity contribution in [3.63, 3.8) is 0 Å². The third-order valence-corrected chi connectivity index (χ3v) is 4.00. The second-order valence-corrected chi connectivity index (χ2v) is 5.81. The first-order valence-electron chi connectivity index (χ1n) is 8.54. The Hall–Kier alpha value is -3.75. The maximum atomic E-state index is 12.6. The molecule has 1 aromatic heterocycles. The predicted molar refractivity (Wildman–Crippen MR) is 97.2 cm³/mol. The van der Waals surface area contributed by atoms with Gasteiger partial charge in [0.2, 0.25) is 0 Å². The average Bonchev–Trinajstić information content (AvgIpc) is 3.20. The van der Waals surface area contributed by atoms with E-state index in [1.165, 1.54) is 12.3 Å². The number of urea groups is 1. The molecule has 4 N–H and O–H groups in total. The van der Waals surface area contributed by atoms with Crippen LogP contribution >= 0.6 is 0 Å². The standard InChI is InChI=1S/C19H19N3O6/c1-2-26-18(24)15-12(10-28-13-7-4-3-6-11(13)17(20)23)21-19(25)22-16(15)14-8-5-9-27-14/h3-9,16H,2,10H2,1H3,(H2,20,23)(H2,21,22,25). The van der Waals surface area contributed by atoms with Gasteiger partial charge in [-0.05, 0) is 31.2 Å². The summed E-state index contributed by atoms with van der Waals surface area (Å²) in [5.41, 5.74) is 5.88. The lowest BCUT2D eigenvalue weighted by molar-refractivity contribution is -0.139. The summed E-state index contributed by atoms with van der Waals surface area (Å²) in [6.07, 6.45) is 1.44. The molecule has 1 aliphatic heterocycles. The van der Waals surface area contributed by atoms with E-state index in [1.807, 2.05) is 0 Å². The van der Waals surface area contributed by atoms with Crippen molar-refractivity contribution in [1.82, 2.24) is 10.6 Å². The van der Waals surface area contributed by atoms with Crippen LogP contribution in [0.4, 0.5) is 4.79 Å². The van der Waals surface area contributed by atoms with Crippen LogP contribution in [0.2, 0.25) is 0 Å². The van der Waals surface area contributed by atoms with Gasteiger partial charge in [-0.25, -0.2) is 9.59 Å². The van der Waals surface area contributed by atoms with E-state index in [9.17, 15) is 14.4 Å². The van der Waals surface area contributed by atoms with Crippen molar-refractivity contribution in [2.24, 2.45) is 5.73 Å². The third-order valence-electron chi connectivity index (χ3n) is 4.00. The number of primary amides is 1. The molecule has 3 rings (SSSR count). The molecule has 1 atom stereocenters. The number of carbonyl (C=O) groups excluding carboxylic acids is 3. The highest BCUT2D eigenvalue weighted by molar-refractivity contribution is 5.96. The molecular weight excluding hydrogens is 366 g/mol. The normalized spacial score (nSPS) is 16.2. The minimum Gasteiger partial charge on any atom is -0.487 e. The van der Waals surface area contributed by atoms with Crippen LogP contribution < -0.4 is 21.1 Å². The number of nitrogens with two attached hydrogens (primary N) is 1. The molecule has 9 nitrogen and oxygen atoms in total. The van der Waals surface area contributed by atoms with E-state index < -0.39 is 23.9 Å². The first-order valence-corrected chi connectivity index (χ1v) is 8.54. The van der Waals surface area contributed by atoms with Crippen LogP contribution in [-0.2, 0) is 9.53 Å². The number of benzene rings is 1. The van der Waals surface area contributed by atoms with E-state index in [2.05, 4.69) is 10.6 Å². The summed E-state index contributed by atoms with van der Waals surface area (Å²) >= 11 is 0. The smallest absolute Gasteiger partial charge is 0.338 e. The summed E-state index contributed by atoms with van der Waals surface area (Å²) in [5, 5.41) is 5.20. The van der Waals surface area contributed by atoms with Crippen molar-refractivity contribution >= 4 is 17.9 Å². The monoisotopic (exact) mass is 385 g/mol. The average molecular weight is 385 g/mol. The molecule has 3 amide bonds. The lowest BCUT2D eigenvalue weighted by atomic mass is 10.0. The van der Waals surface area contributed by atoms with Crippen LogP contribution in [0.25, 0.3) is 0 Å². The largest absolute Gasteiger partial charge is 0.487 e. The van der Waals surface area contributed by atoms with E-state index in [4.69, 9.17) is 19.6 Å². The number of nitrogens with one attached hydrogen (secondary N) is 2. The Balaban J connectivity index is 1.96. The molecule has 0 radical (unpaired) electrons. The Labute approximate surface area is 160 Å². The number of amides is 3. The fourth-order valence-corrected chi connectivity index (χ4v) is 2.80. The van der Waals surface area contributed by atoms with Gasteiger partial charge in [-0.3, -0.25) is 4.79 Å². The van der Waals surface area contributed by atoms with Crippen molar-refractivity contribution in [2.45, 2.75) is 13.0 Å². The zero-order valence-electron chi connectivity index (χ0n) is 15.1. The lowest BCUT2D eigenvalue weighted by Crippen LogP contribution is -2.47. The molecular formula is C19H19N3O6. The van der Waals surface area contributed by atoms with Gasteiger partial charge in [0.15, 0.2) is 0 Å². The Morgan fingerprint density at radius 2 is 2.00 bits per heavy atom. The zero-order chi connectivity index (χ0) is 20.1. The number of para-hydroxylation sites is 1. The summed E-state index contributed by atoms with van der Waals surface area (Å²) in [5.74, 6) is -0.683. The minimum absolute atomic E-state index is 0.146. The van der Waals surface area contributed by atoms with Gasteiger partial charge in [0.25, 0.3) is 5.91 Å². The van der Waals surface area contributed by atoms with Gasteiger partial charge in [-0.15, -0.1) is 0 Å². The molecule has 0 fully saturated rings. The van der Waals surface area contributed by atoms with Crippen LogP contribution in [0.3, 0.4) is 0 Å². The fraction of sp³-hybridized carbons (Fsp3) is 0.211. The Kier molecular flexibility index (Phi) is 5.64. The van der Waals surface area contributed by atoms with Crippen molar-refractivity contribution in [2.75, 3.05) is 13.2 Å². The molecule has 28 heavy (non-hydrogen) atoms. The topological polar surface area (TPSA) is 133 Å². The fourth-order valence-electron chi connectivity index (χ4n) is 2.80. The summed E-state index contributed by atoms with van der Waals surface area (Å²) < 4.78 is 16.2. The van der Waals surface area contributed by atoms with Gasteiger partial charge in [-0.2, -0.15) is 0 Å². The molecule has 2 aromatic rings. The lowest BCUT2D eigenvalue weighted by Gasteiger charge is -2.27. The SMILES string of the molecule is CCOC(=O)C1=C(COc2ccccc2C(N)=O)NC(=O)NC1c1ccco1. The van der Waals surface area contributed by atoms with Crippen molar-refractivity contribution < 1.29 is 28.3 Å². The molecule has 0 bridgehead atoms. The van der Waals surface area contributed by atoms with Crippen molar-refractivity contribution in [1.29, 1.82) is 0 Å². The molecule has 2 heterocycles. The van der Waals surface area contributed by atoms with Crippen molar-refractivity contribution in [3.05, 3.63) is 65.3 Å². The van der Waals surface area contributed by atoms with Crippen LogP contribution in [0.1, 0.15) is 29.1 Å². The van der Waals surface area contributed by atoms with Gasteiger partial charge in [0.05, 0.1) is 29.7 Å². The molecule has 0 saturated carbocycles. The van der Waals surface area contributed by atoms with Gasteiger partial charge >= 0.3 is 12.0 Å². The number of ether oxygens (including phenoxy) is 2.